The van der Waals surface area contributed by atoms with Gasteiger partial charge in [-0.1, -0.05) is 28.4 Å². The molecule has 0 amide bonds. The number of nitrogens with one attached hydrogen (secondary N) is 3. The number of rotatable bonds is 4. The molecule has 21 heavy (non-hydrogen) atoms. The largest absolute Gasteiger partial charge is 0.356 e. The second kappa shape index (κ2) is 7.56. The van der Waals surface area contributed by atoms with Gasteiger partial charge in [0.15, 0.2) is 5.11 Å². The molecule has 0 aromatic heterocycles. The van der Waals surface area contributed by atoms with Gasteiger partial charge >= 0.3 is 0 Å². The summed E-state index contributed by atoms with van der Waals surface area (Å²) >= 11 is 8.91. The number of benzene rings is 1. The summed E-state index contributed by atoms with van der Waals surface area (Å²) < 4.78 is 1.05. The van der Waals surface area contributed by atoms with Crippen LogP contribution in [-0.2, 0) is 0 Å². The Morgan fingerprint density at radius 3 is 2.62 bits per heavy atom. The molecule has 0 heterocycles. The van der Waals surface area contributed by atoms with Crippen molar-refractivity contribution in [3.63, 3.8) is 0 Å². The van der Waals surface area contributed by atoms with Crippen LogP contribution in [0.1, 0.15) is 32.1 Å². The fourth-order valence-electron chi connectivity index (χ4n) is 3.07. The monoisotopic (exact) mass is 370 g/mol. The van der Waals surface area contributed by atoms with Gasteiger partial charge in [0.25, 0.3) is 0 Å². The topological polar surface area (TPSA) is 28.5 Å². The fraction of sp³-hybridized carbons (Fsp3) is 0.562. The second-order valence-corrected chi connectivity index (χ2v) is 7.48. The van der Waals surface area contributed by atoms with Crippen molar-refractivity contribution in [2.75, 3.05) is 26.0 Å². The summed E-state index contributed by atoms with van der Waals surface area (Å²) in [5, 5.41) is 7.39. The summed E-state index contributed by atoms with van der Waals surface area (Å²) in [4.78, 5) is 1.53. The third-order valence-electron chi connectivity index (χ3n) is 4.54. The highest BCUT2D eigenvalue weighted by Crippen LogP contribution is 2.25. The van der Waals surface area contributed by atoms with Gasteiger partial charge in [0.05, 0.1) is 20.6 Å². The van der Waals surface area contributed by atoms with Crippen LogP contribution in [0.4, 0.5) is 5.69 Å². The predicted octanol–water partition coefficient (Wildman–Crippen LogP) is 2.58. The molecule has 1 fully saturated rings. The van der Waals surface area contributed by atoms with Crippen LogP contribution in [0.15, 0.2) is 28.7 Å². The van der Waals surface area contributed by atoms with Crippen molar-refractivity contribution in [3.05, 3.63) is 28.7 Å². The molecule has 0 unspecified atom stereocenters. The summed E-state index contributed by atoms with van der Waals surface area (Å²) in [5.74, 6) is 0. The van der Waals surface area contributed by atoms with Crippen molar-refractivity contribution in [1.82, 2.24) is 5.32 Å². The Kier molecular flexibility index (Phi) is 6.02. The normalized spacial score (nSPS) is 17.5. The Morgan fingerprint density at radius 2 is 2.00 bits per heavy atom. The quantitative estimate of drug-likeness (QED) is 0.711. The first-order valence-electron chi connectivity index (χ1n) is 7.63. The lowest BCUT2D eigenvalue weighted by molar-refractivity contribution is -0.916. The SMILES string of the molecule is C[NH+](C)C1(CNC(=S)Nc2cccc(Br)c2)CCCCC1. The molecule has 116 valence electrons. The van der Waals surface area contributed by atoms with E-state index in [1.807, 2.05) is 24.3 Å². The van der Waals surface area contributed by atoms with Crippen molar-refractivity contribution < 1.29 is 4.90 Å². The Bertz CT molecular complexity index is 484. The summed E-state index contributed by atoms with van der Waals surface area (Å²) in [6.45, 7) is 0.940. The highest BCUT2D eigenvalue weighted by Gasteiger charge is 2.37. The smallest absolute Gasteiger partial charge is 0.171 e. The van der Waals surface area contributed by atoms with Crippen molar-refractivity contribution >= 4 is 38.9 Å². The molecule has 2 rings (SSSR count). The molecule has 0 radical (unpaired) electrons. The molecule has 3 nitrogen and oxygen atoms in total. The standard InChI is InChI=1S/C16H24BrN3S/c1-20(2)16(9-4-3-5-10-16)12-18-15(21)19-14-8-6-7-13(17)11-14/h6-8,11H,3-5,9-10,12H2,1-2H3,(H2,18,19,21)/p+1. The van der Waals surface area contributed by atoms with Crippen LogP contribution in [0.2, 0.25) is 0 Å². The highest BCUT2D eigenvalue weighted by molar-refractivity contribution is 9.10. The van der Waals surface area contributed by atoms with E-state index in [0.717, 1.165) is 16.7 Å². The first-order valence-corrected chi connectivity index (χ1v) is 8.83. The van der Waals surface area contributed by atoms with Crippen molar-refractivity contribution in [1.29, 1.82) is 0 Å². The van der Waals surface area contributed by atoms with Crippen LogP contribution in [0.5, 0.6) is 0 Å². The van der Waals surface area contributed by atoms with Gasteiger partial charge in [0.1, 0.15) is 5.54 Å². The third-order valence-corrected chi connectivity index (χ3v) is 5.28. The van der Waals surface area contributed by atoms with E-state index < -0.39 is 0 Å². The van der Waals surface area contributed by atoms with Gasteiger partial charge in [-0.15, -0.1) is 0 Å². The zero-order chi connectivity index (χ0) is 15.3. The van der Waals surface area contributed by atoms with E-state index in [-0.39, 0.29) is 0 Å². The van der Waals surface area contributed by atoms with Crippen LogP contribution in [-0.4, -0.2) is 31.3 Å². The molecular formula is C16H25BrN3S+. The zero-order valence-corrected chi connectivity index (χ0v) is 15.2. The van der Waals surface area contributed by atoms with Crippen LogP contribution in [0.3, 0.4) is 0 Å². The molecule has 0 saturated heterocycles. The summed E-state index contributed by atoms with van der Waals surface area (Å²) in [7, 11) is 4.52. The molecule has 1 aromatic rings. The predicted molar refractivity (Wildman–Crippen MR) is 97.0 cm³/mol. The first-order chi connectivity index (χ1) is 10.0. The second-order valence-electron chi connectivity index (χ2n) is 6.16. The van der Waals surface area contributed by atoms with Gasteiger partial charge in [-0.3, -0.25) is 0 Å². The van der Waals surface area contributed by atoms with Gasteiger partial charge < -0.3 is 15.5 Å². The van der Waals surface area contributed by atoms with E-state index in [1.165, 1.54) is 37.0 Å². The minimum atomic E-state index is 0.321. The van der Waals surface area contributed by atoms with Crippen LogP contribution in [0.25, 0.3) is 0 Å². The number of hydrogen-bond donors (Lipinski definition) is 3. The molecule has 1 aromatic carbocycles. The Balaban J connectivity index is 1.90. The molecular weight excluding hydrogens is 346 g/mol. The molecule has 0 spiro atoms. The zero-order valence-electron chi connectivity index (χ0n) is 12.8. The van der Waals surface area contributed by atoms with Crippen LogP contribution >= 0.6 is 28.1 Å². The number of thiocarbonyl (C=S) groups is 1. The molecule has 1 saturated carbocycles. The van der Waals surface area contributed by atoms with Crippen LogP contribution in [0, 0.1) is 0 Å². The maximum Gasteiger partial charge on any atom is 0.171 e. The molecule has 3 N–H and O–H groups in total. The van der Waals surface area contributed by atoms with E-state index in [4.69, 9.17) is 12.2 Å². The third kappa shape index (κ3) is 4.66. The van der Waals surface area contributed by atoms with E-state index in [9.17, 15) is 0 Å². The number of quaternary nitrogens is 1. The van der Waals surface area contributed by atoms with Crippen molar-refractivity contribution in [3.8, 4) is 0 Å². The molecule has 5 heteroatoms. The number of halogens is 1. The average molecular weight is 371 g/mol. The molecule has 0 aliphatic heterocycles. The first kappa shape index (κ1) is 16.7. The molecule has 0 bridgehead atoms. The van der Waals surface area contributed by atoms with Gasteiger partial charge in [-0.2, -0.15) is 0 Å². The van der Waals surface area contributed by atoms with Gasteiger partial charge in [-0.05, 0) is 43.3 Å². The van der Waals surface area contributed by atoms with Crippen molar-refractivity contribution in [2.24, 2.45) is 0 Å². The molecule has 1 aliphatic carbocycles. The minimum Gasteiger partial charge on any atom is -0.356 e. The van der Waals surface area contributed by atoms with Crippen molar-refractivity contribution in [2.45, 2.75) is 37.6 Å². The maximum atomic E-state index is 5.44. The maximum absolute atomic E-state index is 5.44. The Hall–Kier alpha value is -0.650. The lowest BCUT2D eigenvalue weighted by atomic mass is 9.80. The van der Waals surface area contributed by atoms with Gasteiger partial charge in [0, 0.05) is 23.0 Å². The van der Waals surface area contributed by atoms with E-state index >= 15 is 0 Å². The van der Waals surface area contributed by atoms with E-state index in [0.29, 0.717) is 10.7 Å². The minimum absolute atomic E-state index is 0.321. The molecule has 1 aliphatic rings. The van der Waals surface area contributed by atoms with Gasteiger partial charge in [-0.25, -0.2) is 0 Å². The Labute approximate surface area is 141 Å². The van der Waals surface area contributed by atoms with Crippen LogP contribution < -0.4 is 15.5 Å². The molecule has 0 atom stereocenters. The Morgan fingerprint density at radius 1 is 1.29 bits per heavy atom. The summed E-state index contributed by atoms with van der Waals surface area (Å²) in [6, 6.07) is 8.06. The summed E-state index contributed by atoms with van der Waals surface area (Å²) in [5.41, 5.74) is 1.33. The lowest BCUT2D eigenvalue weighted by Crippen LogP contribution is -3.16. The number of anilines is 1. The summed E-state index contributed by atoms with van der Waals surface area (Å²) in [6.07, 6.45) is 6.59. The van der Waals surface area contributed by atoms with Gasteiger partial charge in [0.2, 0.25) is 0 Å². The number of likely N-dealkylation sites (N-methyl/N-ethyl adjacent to an activating group) is 1. The average Bonchev–Trinajstić information content (AvgIpc) is 2.46. The fourth-order valence-corrected chi connectivity index (χ4v) is 3.66. The van der Waals surface area contributed by atoms with E-state index in [1.54, 1.807) is 0 Å². The number of hydrogen-bond acceptors (Lipinski definition) is 1. The highest BCUT2D eigenvalue weighted by atomic mass is 79.9. The van der Waals surface area contributed by atoms with E-state index in [2.05, 4.69) is 40.7 Å². The lowest BCUT2D eigenvalue weighted by Gasteiger charge is -2.40.